The van der Waals surface area contributed by atoms with Gasteiger partial charge in [0.25, 0.3) is 11.6 Å². The third-order valence-electron chi connectivity index (χ3n) is 4.22. The van der Waals surface area contributed by atoms with Crippen molar-refractivity contribution in [3.63, 3.8) is 0 Å². The third-order valence-corrected chi connectivity index (χ3v) is 5.08. The first kappa shape index (κ1) is 17.1. The minimum Gasteiger partial charge on any atom is -0.362 e. The van der Waals surface area contributed by atoms with Crippen molar-refractivity contribution in [2.45, 2.75) is 6.92 Å². The van der Waals surface area contributed by atoms with Gasteiger partial charge in [0, 0.05) is 37.8 Å². The van der Waals surface area contributed by atoms with E-state index in [4.69, 9.17) is 0 Å². The molecule has 2 aromatic rings. The predicted octanol–water partition coefficient (Wildman–Crippen LogP) is 2.82. The maximum absolute atomic E-state index is 12.4. The molecule has 0 bridgehead atoms. The number of carbonyl (C=O) groups is 2. The Morgan fingerprint density at radius 1 is 1.16 bits per heavy atom. The molecule has 1 fully saturated rings. The minimum atomic E-state index is -0.467. The Morgan fingerprint density at radius 2 is 1.88 bits per heavy atom. The van der Waals surface area contributed by atoms with E-state index < -0.39 is 4.92 Å². The molecule has 3 rings (SSSR count). The number of nitro groups is 1. The number of anilines is 1. The quantitative estimate of drug-likeness (QED) is 0.476. The largest absolute Gasteiger partial charge is 0.362 e. The molecule has 2 heterocycles. The van der Waals surface area contributed by atoms with Crippen molar-refractivity contribution in [2.75, 3.05) is 31.1 Å². The van der Waals surface area contributed by atoms with Crippen molar-refractivity contribution >= 4 is 34.4 Å². The SMILES string of the molecule is CC(=O)c1ccc(N2CCN(C(=O)c3cccs3)CC2)c([N+](=O)[O-])c1. The number of thiophene rings is 1. The van der Waals surface area contributed by atoms with Gasteiger partial charge in [0.15, 0.2) is 5.78 Å². The number of hydrogen-bond acceptors (Lipinski definition) is 6. The number of hydrogen-bond donors (Lipinski definition) is 0. The second-order valence-corrected chi connectivity index (χ2v) is 6.72. The summed E-state index contributed by atoms with van der Waals surface area (Å²) in [6.45, 7) is 3.41. The Labute approximate surface area is 148 Å². The van der Waals surface area contributed by atoms with Crippen LogP contribution >= 0.6 is 11.3 Å². The van der Waals surface area contributed by atoms with Gasteiger partial charge in [-0.3, -0.25) is 19.7 Å². The summed E-state index contributed by atoms with van der Waals surface area (Å²) in [6.07, 6.45) is 0. The molecule has 1 aromatic carbocycles. The van der Waals surface area contributed by atoms with E-state index in [1.54, 1.807) is 23.1 Å². The van der Waals surface area contributed by atoms with Crippen molar-refractivity contribution in [1.82, 2.24) is 4.90 Å². The fraction of sp³-hybridized carbons (Fsp3) is 0.294. The molecule has 0 aliphatic carbocycles. The van der Waals surface area contributed by atoms with Gasteiger partial charge >= 0.3 is 0 Å². The highest BCUT2D eigenvalue weighted by Gasteiger charge is 2.27. The Kier molecular flexibility index (Phi) is 4.80. The van der Waals surface area contributed by atoms with Gasteiger partial charge in [0.2, 0.25) is 0 Å². The molecular weight excluding hydrogens is 342 g/mol. The molecule has 1 aromatic heterocycles. The molecule has 0 N–H and O–H groups in total. The van der Waals surface area contributed by atoms with Crippen LogP contribution in [0.1, 0.15) is 27.0 Å². The molecule has 130 valence electrons. The maximum Gasteiger partial charge on any atom is 0.293 e. The predicted molar refractivity (Wildman–Crippen MR) is 95.5 cm³/mol. The van der Waals surface area contributed by atoms with Crippen molar-refractivity contribution in [1.29, 1.82) is 0 Å². The van der Waals surface area contributed by atoms with Gasteiger partial charge in [-0.1, -0.05) is 6.07 Å². The lowest BCUT2D eigenvalue weighted by atomic mass is 10.1. The smallest absolute Gasteiger partial charge is 0.293 e. The van der Waals surface area contributed by atoms with E-state index in [0.29, 0.717) is 42.3 Å². The highest BCUT2D eigenvalue weighted by molar-refractivity contribution is 7.12. The van der Waals surface area contributed by atoms with Crippen LogP contribution in [0.25, 0.3) is 0 Å². The normalized spacial score (nSPS) is 14.4. The average molecular weight is 359 g/mol. The van der Waals surface area contributed by atoms with Crippen LogP contribution in [-0.4, -0.2) is 47.7 Å². The molecule has 1 amide bonds. The van der Waals surface area contributed by atoms with E-state index in [1.807, 2.05) is 16.3 Å². The standard InChI is InChI=1S/C17H17N3O4S/c1-12(21)13-4-5-14(15(11-13)20(23)24)18-6-8-19(9-7-18)17(22)16-3-2-10-25-16/h2-5,10-11H,6-9H2,1H3. The number of benzene rings is 1. The topological polar surface area (TPSA) is 83.8 Å². The van der Waals surface area contributed by atoms with E-state index in [0.717, 1.165) is 0 Å². The molecule has 7 nitrogen and oxygen atoms in total. The number of ketones is 1. The summed E-state index contributed by atoms with van der Waals surface area (Å²) < 4.78 is 0. The fourth-order valence-corrected chi connectivity index (χ4v) is 3.55. The Morgan fingerprint density at radius 3 is 2.44 bits per heavy atom. The third kappa shape index (κ3) is 3.53. The highest BCUT2D eigenvalue weighted by atomic mass is 32.1. The highest BCUT2D eigenvalue weighted by Crippen LogP contribution is 2.30. The summed E-state index contributed by atoms with van der Waals surface area (Å²) in [5, 5.41) is 13.2. The van der Waals surface area contributed by atoms with E-state index in [1.165, 1.54) is 24.3 Å². The van der Waals surface area contributed by atoms with Crippen LogP contribution in [0.2, 0.25) is 0 Å². The van der Waals surface area contributed by atoms with Crippen LogP contribution < -0.4 is 4.90 Å². The first-order chi connectivity index (χ1) is 12.0. The summed E-state index contributed by atoms with van der Waals surface area (Å²) in [5.41, 5.74) is 0.728. The van der Waals surface area contributed by atoms with E-state index in [2.05, 4.69) is 0 Å². The lowest BCUT2D eigenvalue weighted by Crippen LogP contribution is -2.48. The van der Waals surface area contributed by atoms with Gasteiger partial charge in [-0.05, 0) is 30.5 Å². The summed E-state index contributed by atoms with van der Waals surface area (Å²) in [4.78, 5) is 39.1. The van der Waals surface area contributed by atoms with Crippen LogP contribution in [0, 0.1) is 10.1 Å². The lowest BCUT2D eigenvalue weighted by Gasteiger charge is -2.35. The van der Waals surface area contributed by atoms with E-state index in [-0.39, 0.29) is 17.4 Å². The lowest BCUT2D eigenvalue weighted by molar-refractivity contribution is -0.384. The molecule has 1 aliphatic rings. The molecular formula is C17H17N3O4S. The summed E-state index contributed by atoms with van der Waals surface area (Å²) in [6, 6.07) is 8.18. The number of piperazine rings is 1. The zero-order valence-corrected chi connectivity index (χ0v) is 14.5. The maximum atomic E-state index is 12.4. The fourth-order valence-electron chi connectivity index (χ4n) is 2.86. The van der Waals surface area contributed by atoms with Gasteiger partial charge in [-0.15, -0.1) is 11.3 Å². The first-order valence-electron chi connectivity index (χ1n) is 7.84. The molecule has 0 radical (unpaired) electrons. The number of Topliss-reactive ketones (excluding diaryl/α,β-unsaturated/α-hetero) is 1. The van der Waals surface area contributed by atoms with Crippen LogP contribution in [-0.2, 0) is 0 Å². The van der Waals surface area contributed by atoms with Gasteiger partial charge < -0.3 is 9.80 Å². The number of nitro benzene ring substituents is 1. The van der Waals surface area contributed by atoms with Crippen molar-refractivity contribution in [3.8, 4) is 0 Å². The summed E-state index contributed by atoms with van der Waals surface area (Å²) >= 11 is 1.41. The van der Waals surface area contributed by atoms with Crippen molar-refractivity contribution in [3.05, 3.63) is 56.3 Å². The average Bonchev–Trinajstić information content (AvgIpc) is 3.15. The van der Waals surface area contributed by atoms with Crippen molar-refractivity contribution < 1.29 is 14.5 Å². The van der Waals surface area contributed by atoms with Crippen LogP contribution in [0.15, 0.2) is 35.7 Å². The van der Waals surface area contributed by atoms with Gasteiger partial charge in [-0.2, -0.15) is 0 Å². The molecule has 25 heavy (non-hydrogen) atoms. The molecule has 0 saturated carbocycles. The van der Waals surface area contributed by atoms with Gasteiger partial charge in [0.1, 0.15) is 5.69 Å². The Hall–Kier alpha value is -2.74. The molecule has 1 aliphatic heterocycles. The second-order valence-electron chi connectivity index (χ2n) is 5.77. The zero-order chi connectivity index (χ0) is 18.0. The summed E-state index contributed by atoms with van der Waals surface area (Å²) in [7, 11) is 0. The van der Waals surface area contributed by atoms with Crippen LogP contribution in [0.3, 0.4) is 0 Å². The number of amides is 1. The molecule has 0 unspecified atom stereocenters. The zero-order valence-electron chi connectivity index (χ0n) is 13.7. The molecule has 1 saturated heterocycles. The van der Waals surface area contributed by atoms with Crippen molar-refractivity contribution in [2.24, 2.45) is 0 Å². The van der Waals surface area contributed by atoms with Gasteiger partial charge in [0.05, 0.1) is 9.80 Å². The Bertz CT molecular complexity index is 811. The van der Waals surface area contributed by atoms with E-state index >= 15 is 0 Å². The van der Waals surface area contributed by atoms with Gasteiger partial charge in [-0.25, -0.2) is 0 Å². The number of nitrogens with zero attached hydrogens (tertiary/aromatic N) is 3. The summed E-state index contributed by atoms with van der Waals surface area (Å²) in [5.74, 6) is -0.211. The van der Waals surface area contributed by atoms with E-state index in [9.17, 15) is 19.7 Å². The first-order valence-corrected chi connectivity index (χ1v) is 8.72. The van der Waals surface area contributed by atoms with Crippen LogP contribution in [0.4, 0.5) is 11.4 Å². The monoisotopic (exact) mass is 359 g/mol. The molecule has 8 heteroatoms. The number of rotatable bonds is 4. The van der Waals surface area contributed by atoms with Crippen LogP contribution in [0.5, 0.6) is 0 Å². The molecule has 0 atom stereocenters. The minimum absolute atomic E-state index is 0.00363. The Balaban J connectivity index is 1.75. The second kappa shape index (κ2) is 7.02. The number of carbonyl (C=O) groups excluding carboxylic acids is 2. The molecule has 0 spiro atoms.